The van der Waals surface area contributed by atoms with Crippen molar-refractivity contribution < 1.29 is 0 Å². The zero-order valence-electron chi connectivity index (χ0n) is 14.0. The van der Waals surface area contributed by atoms with Crippen LogP contribution in [0.1, 0.15) is 11.3 Å². The van der Waals surface area contributed by atoms with E-state index in [9.17, 15) is 0 Å². The van der Waals surface area contributed by atoms with Crippen molar-refractivity contribution in [3.63, 3.8) is 0 Å². The second-order valence-electron chi connectivity index (χ2n) is 5.75. The highest BCUT2D eigenvalue weighted by atomic mass is 32.1. The maximum Gasteiger partial charge on any atom is 0.187 e. The van der Waals surface area contributed by atoms with Crippen molar-refractivity contribution in [2.45, 2.75) is 6.92 Å². The van der Waals surface area contributed by atoms with Gasteiger partial charge in [-0.2, -0.15) is 10.4 Å². The fourth-order valence-corrected chi connectivity index (χ4v) is 3.47. The van der Waals surface area contributed by atoms with Crippen LogP contribution in [0.15, 0.2) is 66.2 Å². The predicted molar refractivity (Wildman–Crippen MR) is 104 cm³/mol. The van der Waals surface area contributed by atoms with Crippen LogP contribution >= 0.6 is 11.3 Å². The molecule has 0 aliphatic carbocycles. The van der Waals surface area contributed by atoms with Gasteiger partial charge in [0.2, 0.25) is 0 Å². The third-order valence-corrected chi connectivity index (χ3v) is 4.79. The highest BCUT2D eigenvalue weighted by Gasteiger charge is 2.13. The zero-order valence-corrected chi connectivity index (χ0v) is 14.9. The Morgan fingerprint density at radius 2 is 1.96 bits per heavy atom. The number of nitrogens with one attached hydrogen (secondary N) is 1. The summed E-state index contributed by atoms with van der Waals surface area (Å²) in [6.45, 7) is 2.04. The lowest BCUT2D eigenvalue weighted by Crippen LogP contribution is -1.98. The van der Waals surface area contributed by atoms with Crippen LogP contribution in [0.5, 0.6) is 0 Å². The first-order valence-corrected chi connectivity index (χ1v) is 8.96. The van der Waals surface area contributed by atoms with Gasteiger partial charge < -0.3 is 5.32 Å². The van der Waals surface area contributed by atoms with Crippen molar-refractivity contribution in [1.82, 2.24) is 14.8 Å². The van der Waals surface area contributed by atoms with Crippen molar-refractivity contribution in [3.8, 4) is 23.0 Å². The quantitative estimate of drug-likeness (QED) is 0.563. The molecule has 0 unspecified atom stereocenters. The fraction of sp³-hybridized carbons (Fsp3) is 0.0500. The number of benzene rings is 2. The lowest BCUT2D eigenvalue weighted by molar-refractivity contribution is 0.847. The summed E-state index contributed by atoms with van der Waals surface area (Å²) in [6.07, 6.45) is 1.84. The lowest BCUT2D eigenvalue weighted by Gasteiger charge is -2.04. The number of nitriles is 1. The Hall–Kier alpha value is -3.43. The summed E-state index contributed by atoms with van der Waals surface area (Å²) in [5, 5.41) is 19.6. The SMILES string of the molecule is Cc1c(-c2csc(Nc3cccc(C#N)c3)n2)cnn1-c1ccccc1. The largest absolute Gasteiger partial charge is 0.331 e. The van der Waals surface area contributed by atoms with Crippen LogP contribution in [0.25, 0.3) is 16.9 Å². The molecular weight excluding hydrogens is 342 g/mol. The highest BCUT2D eigenvalue weighted by Crippen LogP contribution is 2.30. The molecule has 0 bridgehead atoms. The average molecular weight is 357 g/mol. The fourth-order valence-electron chi connectivity index (χ4n) is 2.74. The molecule has 126 valence electrons. The Morgan fingerprint density at radius 1 is 1.12 bits per heavy atom. The number of anilines is 2. The Balaban J connectivity index is 1.61. The van der Waals surface area contributed by atoms with Crippen LogP contribution in [-0.4, -0.2) is 14.8 Å². The minimum absolute atomic E-state index is 0.617. The number of para-hydroxylation sites is 1. The number of hydrogen-bond donors (Lipinski definition) is 1. The summed E-state index contributed by atoms with van der Waals surface area (Å²) < 4.78 is 1.91. The third-order valence-electron chi connectivity index (χ3n) is 4.03. The molecule has 0 radical (unpaired) electrons. The molecule has 0 aliphatic rings. The third kappa shape index (κ3) is 3.08. The van der Waals surface area contributed by atoms with Crippen molar-refractivity contribution in [3.05, 3.63) is 77.4 Å². The molecule has 2 aromatic heterocycles. The van der Waals surface area contributed by atoms with Crippen molar-refractivity contribution in [2.75, 3.05) is 5.32 Å². The summed E-state index contributed by atoms with van der Waals surface area (Å²) in [5.41, 5.74) is 5.42. The van der Waals surface area contributed by atoms with E-state index < -0.39 is 0 Å². The van der Waals surface area contributed by atoms with Gasteiger partial charge in [0.1, 0.15) is 0 Å². The van der Waals surface area contributed by atoms with E-state index in [1.165, 1.54) is 11.3 Å². The Morgan fingerprint density at radius 3 is 2.77 bits per heavy atom. The lowest BCUT2D eigenvalue weighted by atomic mass is 10.2. The first-order valence-electron chi connectivity index (χ1n) is 8.08. The molecule has 2 aromatic carbocycles. The van der Waals surface area contributed by atoms with Crippen molar-refractivity contribution in [2.24, 2.45) is 0 Å². The van der Waals surface area contributed by atoms with E-state index in [1.54, 1.807) is 12.1 Å². The van der Waals surface area contributed by atoms with Crippen LogP contribution < -0.4 is 5.32 Å². The second kappa shape index (κ2) is 6.82. The average Bonchev–Trinajstić information content (AvgIpc) is 3.29. The van der Waals surface area contributed by atoms with E-state index in [1.807, 2.05) is 65.6 Å². The molecule has 1 N–H and O–H groups in total. The van der Waals surface area contributed by atoms with Crippen LogP contribution in [0.4, 0.5) is 10.8 Å². The van der Waals surface area contributed by atoms with Gasteiger partial charge in [0.15, 0.2) is 5.13 Å². The first-order chi connectivity index (χ1) is 12.7. The normalized spacial score (nSPS) is 10.5. The van der Waals surface area contributed by atoms with Gasteiger partial charge >= 0.3 is 0 Å². The van der Waals surface area contributed by atoms with E-state index in [0.29, 0.717) is 5.56 Å². The Bertz CT molecular complexity index is 1090. The van der Waals surface area contributed by atoms with E-state index in [-0.39, 0.29) is 0 Å². The van der Waals surface area contributed by atoms with Gasteiger partial charge in [-0.25, -0.2) is 9.67 Å². The molecular formula is C20H15N5S. The van der Waals surface area contributed by atoms with Crippen LogP contribution in [0, 0.1) is 18.3 Å². The number of hydrogen-bond acceptors (Lipinski definition) is 5. The topological polar surface area (TPSA) is 66.5 Å². The molecule has 5 nitrogen and oxygen atoms in total. The number of aromatic nitrogens is 3. The van der Waals surface area contributed by atoms with Gasteiger partial charge in [-0.05, 0) is 37.3 Å². The highest BCUT2D eigenvalue weighted by molar-refractivity contribution is 7.14. The molecule has 6 heteroatoms. The molecule has 2 heterocycles. The summed E-state index contributed by atoms with van der Waals surface area (Å²) in [5.74, 6) is 0. The molecule has 0 aliphatic heterocycles. The predicted octanol–water partition coefficient (Wildman–Crippen LogP) is 4.92. The van der Waals surface area contributed by atoms with Gasteiger partial charge in [-0.15, -0.1) is 11.3 Å². The molecule has 4 rings (SSSR count). The number of rotatable bonds is 4. The first kappa shape index (κ1) is 16.1. The Labute approximate surface area is 155 Å². The molecule has 0 fully saturated rings. The van der Waals surface area contributed by atoms with Crippen molar-refractivity contribution in [1.29, 1.82) is 5.26 Å². The Kier molecular flexibility index (Phi) is 4.22. The van der Waals surface area contributed by atoms with E-state index in [4.69, 9.17) is 5.26 Å². The zero-order chi connectivity index (χ0) is 17.9. The molecule has 4 aromatic rings. The molecule has 0 saturated carbocycles. The summed E-state index contributed by atoms with van der Waals surface area (Å²) in [7, 11) is 0. The smallest absolute Gasteiger partial charge is 0.187 e. The maximum absolute atomic E-state index is 9.01. The van der Waals surface area contributed by atoms with Crippen LogP contribution in [0.3, 0.4) is 0 Å². The van der Waals surface area contributed by atoms with Crippen molar-refractivity contribution >= 4 is 22.2 Å². The molecule has 26 heavy (non-hydrogen) atoms. The molecule has 0 spiro atoms. The second-order valence-corrected chi connectivity index (χ2v) is 6.60. The van der Waals surface area contributed by atoms with E-state index in [0.717, 1.165) is 33.5 Å². The van der Waals surface area contributed by atoms with Gasteiger partial charge in [0.25, 0.3) is 0 Å². The summed E-state index contributed by atoms with van der Waals surface area (Å²) in [6, 6.07) is 19.5. The minimum Gasteiger partial charge on any atom is -0.331 e. The number of nitrogens with zero attached hydrogens (tertiary/aromatic N) is 4. The minimum atomic E-state index is 0.617. The van der Waals surface area contributed by atoms with Gasteiger partial charge in [-0.3, -0.25) is 0 Å². The van der Waals surface area contributed by atoms with Gasteiger partial charge in [-0.1, -0.05) is 24.3 Å². The monoisotopic (exact) mass is 357 g/mol. The van der Waals surface area contributed by atoms with E-state index >= 15 is 0 Å². The van der Waals surface area contributed by atoms with E-state index in [2.05, 4.69) is 21.5 Å². The molecule has 0 amide bonds. The van der Waals surface area contributed by atoms with Gasteiger partial charge in [0.05, 0.1) is 34.9 Å². The van der Waals surface area contributed by atoms with Crippen LogP contribution in [0.2, 0.25) is 0 Å². The molecule has 0 saturated heterocycles. The van der Waals surface area contributed by atoms with Gasteiger partial charge in [0, 0.05) is 16.6 Å². The van der Waals surface area contributed by atoms with Crippen LogP contribution in [-0.2, 0) is 0 Å². The molecule has 0 atom stereocenters. The summed E-state index contributed by atoms with van der Waals surface area (Å²) in [4.78, 5) is 4.67. The standard InChI is InChI=1S/C20H15N5S/c1-14-18(12-22-25(14)17-8-3-2-4-9-17)19-13-26-20(24-19)23-16-7-5-6-15(10-16)11-21/h2-10,12-13H,1H3,(H,23,24). The summed E-state index contributed by atoms with van der Waals surface area (Å²) >= 11 is 1.52. The maximum atomic E-state index is 9.01. The number of thiazole rings is 1.